The summed E-state index contributed by atoms with van der Waals surface area (Å²) in [5.41, 5.74) is 8.46. The number of guanidine groups is 1. The van der Waals surface area contributed by atoms with E-state index < -0.39 is 11.5 Å². The van der Waals surface area contributed by atoms with Crippen molar-refractivity contribution in [2.24, 2.45) is 5.73 Å². The van der Waals surface area contributed by atoms with Crippen molar-refractivity contribution in [2.45, 2.75) is 36.8 Å². The van der Waals surface area contributed by atoms with Gasteiger partial charge in [0, 0.05) is 12.6 Å². The first-order valence-electron chi connectivity index (χ1n) is 8.94. The second kappa shape index (κ2) is 5.68. The number of benzene rings is 2. The maximum atomic E-state index is 13.1. The molecule has 0 spiro atoms. The van der Waals surface area contributed by atoms with Gasteiger partial charge in [-0.3, -0.25) is 15.1 Å². The molecule has 0 unspecified atom stereocenters. The Balaban J connectivity index is 1.79. The van der Waals surface area contributed by atoms with Crippen LogP contribution in [0.15, 0.2) is 54.6 Å². The van der Waals surface area contributed by atoms with Gasteiger partial charge in [-0.25, -0.2) is 0 Å². The van der Waals surface area contributed by atoms with Crippen LogP contribution in [0.2, 0.25) is 0 Å². The number of rotatable bonds is 3. The molecule has 2 aromatic carbocycles. The lowest BCUT2D eigenvalue weighted by molar-refractivity contribution is -0.131. The maximum absolute atomic E-state index is 13.1. The van der Waals surface area contributed by atoms with Crippen molar-refractivity contribution in [3.8, 4) is 0 Å². The molecule has 0 aromatic heterocycles. The fourth-order valence-corrected chi connectivity index (χ4v) is 3.88. The van der Waals surface area contributed by atoms with Gasteiger partial charge in [0.1, 0.15) is 0 Å². The van der Waals surface area contributed by atoms with Gasteiger partial charge in [-0.05, 0) is 36.5 Å². The van der Waals surface area contributed by atoms with Crippen LogP contribution >= 0.6 is 0 Å². The van der Waals surface area contributed by atoms with Gasteiger partial charge in [-0.15, -0.1) is 0 Å². The molecule has 0 radical (unpaired) electrons. The molecule has 1 saturated heterocycles. The first-order chi connectivity index (χ1) is 12.3. The Morgan fingerprint density at radius 2 is 1.69 bits per heavy atom. The van der Waals surface area contributed by atoms with Gasteiger partial charge in [-0.1, -0.05) is 54.6 Å². The highest BCUT2D eigenvalue weighted by Gasteiger charge is 2.48. The SMILES string of the molecule is CN1C(=N)N[C@](C)(c2ccccc2)[C@H](c2ccc(C3(N)CC3)cc2)C1=O. The molecule has 1 heterocycles. The number of carbonyl (C=O) groups excluding carboxylic acids is 1. The van der Waals surface area contributed by atoms with E-state index in [2.05, 4.69) is 5.32 Å². The van der Waals surface area contributed by atoms with E-state index in [1.807, 2.05) is 61.5 Å². The molecule has 1 amide bonds. The number of nitrogens with zero attached hydrogens (tertiary/aromatic N) is 1. The predicted octanol–water partition coefficient (Wildman–Crippen LogP) is 2.63. The van der Waals surface area contributed by atoms with E-state index in [1.54, 1.807) is 7.05 Å². The molecule has 2 fully saturated rings. The molecule has 2 aliphatic rings. The quantitative estimate of drug-likeness (QED) is 0.797. The summed E-state index contributed by atoms with van der Waals surface area (Å²) in [6.45, 7) is 1.99. The molecule has 5 nitrogen and oxygen atoms in total. The molecule has 26 heavy (non-hydrogen) atoms. The summed E-state index contributed by atoms with van der Waals surface area (Å²) >= 11 is 0. The van der Waals surface area contributed by atoms with Crippen LogP contribution < -0.4 is 11.1 Å². The van der Waals surface area contributed by atoms with E-state index in [0.29, 0.717) is 0 Å². The van der Waals surface area contributed by atoms with Crippen LogP contribution in [0.3, 0.4) is 0 Å². The molecule has 1 aliphatic carbocycles. The number of nitrogens with two attached hydrogens (primary N) is 1. The van der Waals surface area contributed by atoms with Gasteiger partial charge in [-0.2, -0.15) is 0 Å². The van der Waals surface area contributed by atoms with Gasteiger partial charge in [0.2, 0.25) is 5.91 Å². The number of likely N-dealkylation sites (N-methyl/N-ethyl adjacent to an activating group) is 1. The molecule has 134 valence electrons. The van der Waals surface area contributed by atoms with Gasteiger partial charge in [0.15, 0.2) is 5.96 Å². The first-order valence-corrected chi connectivity index (χ1v) is 8.94. The molecule has 1 saturated carbocycles. The minimum atomic E-state index is -0.691. The van der Waals surface area contributed by atoms with Gasteiger partial charge in [0.05, 0.1) is 11.5 Å². The molecule has 2 atom stereocenters. The molecule has 2 aromatic rings. The lowest BCUT2D eigenvalue weighted by Crippen LogP contribution is -2.62. The minimum absolute atomic E-state index is 0.0817. The highest BCUT2D eigenvalue weighted by molar-refractivity contribution is 6.02. The third-order valence-corrected chi connectivity index (χ3v) is 5.85. The van der Waals surface area contributed by atoms with E-state index in [-0.39, 0.29) is 17.4 Å². The van der Waals surface area contributed by atoms with Crippen LogP contribution in [0, 0.1) is 5.41 Å². The molecule has 1 aliphatic heterocycles. The van der Waals surface area contributed by atoms with Gasteiger partial charge in [0.25, 0.3) is 0 Å². The Kier molecular flexibility index (Phi) is 3.66. The lowest BCUT2D eigenvalue weighted by Gasteiger charge is -2.46. The minimum Gasteiger partial charge on any atom is -0.346 e. The largest absolute Gasteiger partial charge is 0.346 e. The summed E-state index contributed by atoms with van der Waals surface area (Å²) in [7, 11) is 1.64. The third-order valence-electron chi connectivity index (χ3n) is 5.85. The van der Waals surface area contributed by atoms with Crippen molar-refractivity contribution in [2.75, 3.05) is 7.05 Å². The van der Waals surface area contributed by atoms with Crippen LogP contribution in [0.5, 0.6) is 0 Å². The summed E-state index contributed by atoms with van der Waals surface area (Å²) in [6, 6.07) is 18.0. The second-order valence-electron chi connectivity index (χ2n) is 7.65. The van der Waals surface area contributed by atoms with Crippen molar-refractivity contribution < 1.29 is 4.79 Å². The van der Waals surface area contributed by atoms with Crippen LogP contribution in [0.25, 0.3) is 0 Å². The predicted molar refractivity (Wildman–Crippen MR) is 102 cm³/mol. The molecular formula is C21H24N4O. The van der Waals surface area contributed by atoms with E-state index in [1.165, 1.54) is 4.90 Å². The summed E-state index contributed by atoms with van der Waals surface area (Å²) in [5.74, 6) is -0.388. The first kappa shape index (κ1) is 16.8. The maximum Gasteiger partial charge on any atom is 0.239 e. The van der Waals surface area contributed by atoms with E-state index >= 15 is 0 Å². The van der Waals surface area contributed by atoms with Crippen LogP contribution in [0.4, 0.5) is 0 Å². The number of carbonyl (C=O) groups is 1. The van der Waals surface area contributed by atoms with Crippen LogP contribution in [-0.2, 0) is 15.9 Å². The fourth-order valence-electron chi connectivity index (χ4n) is 3.88. The van der Waals surface area contributed by atoms with Crippen molar-refractivity contribution in [1.82, 2.24) is 10.2 Å². The molecule has 0 bridgehead atoms. The Hall–Kier alpha value is -2.66. The molecule has 5 heteroatoms. The van der Waals surface area contributed by atoms with Crippen LogP contribution in [0.1, 0.15) is 42.4 Å². The summed E-state index contributed by atoms with van der Waals surface area (Å²) in [4.78, 5) is 14.5. The number of hydrogen-bond acceptors (Lipinski definition) is 3. The van der Waals surface area contributed by atoms with Crippen molar-refractivity contribution >= 4 is 11.9 Å². The zero-order valence-electron chi connectivity index (χ0n) is 15.1. The topological polar surface area (TPSA) is 82.2 Å². The Morgan fingerprint density at radius 3 is 2.27 bits per heavy atom. The van der Waals surface area contributed by atoms with Crippen molar-refractivity contribution in [3.63, 3.8) is 0 Å². The fraction of sp³-hybridized carbons (Fsp3) is 0.333. The standard InChI is InChI=1S/C21H24N4O/c1-20(15-6-4-3-5-7-15)17(18(26)25(2)19(22)24-20)14-8-10-16(11-9-14)21(23)12-13-21/h3-11,17H,12-13,23H2,1-2H3,(H2,22,24)/t17-,20-/m1/s1. The van der Waals surface area contributed by atoms with E-state index in [4.69, 9.17) is 11.1 Å². The lowest BCUT2D eigenvalue weighted by atomic mass is 9.73. The Bertz CT molecular complexity index is 857. The summed E-state index contributed by atoms with van der Waals surface area (Å²) in [5, 5.41) is 11.4. The smallest absolute Gasteiger partial charge is 0.239 e. The zero-order chi connectivity index (χ0) is 18.5. The third kappa shape index (κ3) is 2.51. The van der Waals surface area contributed by atoms with Crippen molar-refractivity contribution in [1.29, 1.82) is 5.41 Å². The average molecular weight is 348 g/mol. The number of nitrogens with one attached hydrogen (secondary N) is 2. The number of hydrogen-bond donors (Lipinski definition) is 3. The molecular weight excluding hydrogens is 324 g/mol. The zero-order valence-corrected chi connectivity index (χ0v) is 15.1. The van der Waals surface area contributed by atoms with Gasteiger partial charge >= 0.3 is 0 Å². The Labute approximate surface area is 153 Å². The van der Waals surface area contributed by atoms with Gasteiger partial charge < -0.3 is 11.1 Å². The Morgan fingerprint density at radius 1 is 1.08 bits per heavy atom. The number of amides is 1. The van der Waals surface area contributed by atoms with E-state index in [9.17, 15) is 4.79 Å². The average Bonchev–Trinajstić information content (AvgIpc) is 3.40. The molecule has 4 rings (SSSR count). The normalized spacial score (nSPS) is 27.2. The molecule has 4 N–H and O–H groups in total. The second-order valence-corrected chi connectivity index (χ2v) is 7.65. The van der Waals surface area contributed by atoms with E-state index in [0.717, 1.165) is 29.5 Å². The van der Waals surface area contributed by atoms with Crippen molar-refractivity contribution in [3.05, 3.63) is 71.3 Å². The monoisotopic (exact) mass is 348 g/mol. The highest BCUT2D eigenvalue weighted by atomic mass is 16.2. The highest BCUT2D eigenvalue weighted by Crippen LogP contribution is 2.44. The summed E-state index contributed by atoms with van der Waals surface area (Å²) in [6.07, 6.45) is 2.02. The van der Waals surface area contributed by atoms with Crippen LogP contribution in [-0.4, -0.2) is 23.8 Å². The summed E-state index contributed by atoms with van der Waals surface area (Å²) < 4.78 is 0.